The number of rotatable bonds is 6. The topological polar surface area (TPSA) is 180 Å². The number of ether oxygens (including phenoxy) is 1. The number of carbonyl (C=O) groups is 2. The molecule has 0 aromatic carbocycles. The fraction of sp³-hybridized carbons (Fsp3) is 0.636. The summed E-state index contributed by atoms with van der Waals surface area (Å²) in [5.41, 5.74) is 0. The molecule has 1 heterocycles. The first-order chi connectivity index (χ1) is 9.81. The van der Waals surface area contributed by atoms with Crippen molar-refractivity contribution in [1.29, 1.82) is 0 Å². The Kier molecular flexibility index (Phi) is 9.12. The molecule has 0 bridgehead atoms. The Morgan fingerprint density at radius 1 is 1.36 bits per heavy atom. The van der Waals surface area contributed by atoms with E-state index in [0.29, 0.717) is 0 Å². The molecular weight excluding hydrogens is 313 g/mol. The van der Waals surface area contributed by atoms with Gasteiger partial charge in [0.1, 0.15) is 30.5 Å². The van der Waals surface area contributed by atoms with Crippen molar-refractivity contribution in [1.82, 2.24) is 5.32 Å². The third-order valence-electron chi connectivity index (χ3n) is 2.90. The summed E-state index contributed by atoms with van der Waals surface area (Å²) in [6.45, 7) is -1.77. The normalized spacial score (nSPS) is 26.8. The summed E-state index contributed by atoms with van der Waals surface area (Å²) in [6.07, 6.45) is -5.91. The van der Waals surface area contributed by atoms with Crippen molar-refractivity contribution in [3.8, 4) is 0 Å². The molecule has 0 aromatic heterocycles. The molecule has 1 aliphatic rings. The molecule has 1 amide bonds. The maximum Gasteiger partial charge on any atom is 1.00 e. The van der Waals surface area contributed by atoms with Crippen LogP contribution in [0.4, 0.5) is 0 Å². The van der Waals surface area contributed by atoms with Gasteiger partial charge >= 0.3 is 29.6 Å². The van der Waals surface area contributed by atoms with Gasteiger partial charge in [-0.15, -0.1) is 0 Å². The van der Waals surface area contributed by atoms with Crippen molar-refractivity contribution in [2.45, 2.75) is 30.5 Å². The third-order valence-corrected chi connectivity index (χ3v) is 2.90. The van der Waals surface area contributed by atoms with Crippen molar-refractivity contribution in [3.63, 3.8) is 0 Å². The van der Waals surface area contributed by atoms with E-state index in [1.165, 1.54) is 0 Å². The molecule has 22 heavy (non-hydrogen) atoms. The van der Waals surface area contributed by atoms with E-state index in [4.69, 9.17) is 14.9 Å². The number of carboxylic acids is 1. The Morgan fingerprint density at radius 2 is 1.95 bits per heavy atom. The van der Waals surface area contributed by atoms with Crippen LogP contribution < -0.4 is 40.0 Å². The van der Waals surface area contributed by atoms with Crippen LogP contribution in [0.5, 0.6) is 0 Å². The summed E-state index contributed by atoms with van der Waals surface area (Å²) in [4.78, 5) is 21.9. The van der Waals surface area contributed by atoms with Gasteiger partial charge in [0.2, 0.25) is 5.91 Å². The third kappa shape index (κ3) is 5.18. The Balaban J connectivity index is 0.00000441. The van der Waals surface area contributed by atoms with Crippen molar-refractivity contribution in [3.05, 3.63) is 11.8 Å². The predicted octanol–water partition coefficient (Wildman–Crippen LogP) is -8.42. The Morgan fingerprint density at radius 3 is 2.41 bits per heavy atom. The van der Waals surface area contributed by atoms with E-state index < -0.39 is 61.3 Å². The van der Waals surface area contributed by atoms with Gasteiger partial charge in [0, 0.05) is 0 Å². The van der Waals surface area contributed by atoms with E-state index in [1.54, 1.807) is 0 Å². The molecule has 11 heteroatoms. The second-order valence-electron chi connectivity index (χ2n) is 4.38. The van der Waals surface area contributed by atoms with Crippen LogP contribution in [0, 0.1) is 0 Å². The average molecular weight is 329 g/mol. The molecule has 0 unspecified atom stereocenters. The van der Waals surface area contributed by atoms with Crippen LogP contribution in [0.3, 0.4) is 0 Å². The summed E-state index contributed by atoms with van der Waals surface area (Å²) >= 11 is 0. The number of amides is 1. The fourth-order valence-corrected chi connectivity index (χ4v) is 1.84. The predicted molar refractivity (Wildman–Crippen MR) is 62.1 cm³/mol. The standard InChI is InChI=1S/C11H17NO9.Na/c13-2-5(16)9(18)10-8(12-7(17)3-14)4(15)1-6(21-10)11(19)20;/h1,4-5,8-10,13-16,18H,2-3H2,(H,12,17)(H,19,20);/q;+1/p-1/t4-,5+,8+,9+,10+;/m0./s1. The van der Waals surface area contributed by atoms with Gasteiger partial charge in [0.05, 0.1) is 18.8 Å². The van der Waals surface area contributed by atoms with Crippen molar-refractivity contribution < 1.29 is 74.5 Å². The second kappa shape index (κ2) is 9.43. The molecule has 0 aromatic rings. The number of nitrogens with one attached hydrogen (secondary N) is 1. The number of hydrogen-bond donors (Lipinski definition) is 6. The van der Waals surface area contributed by atoms with E-state index >= 15 is 0 Å². The molecule has 0 fully saturated rings. The molecule has 0 radical (unpaired) electrons. The summed E-state index contributed by atoms with van der Waals surface area (Å²) in [5.74, 6) is -3.47. The molecule has 0 saturated heterocycles. The molecule has 0 spiro atoms. The monoisotopic (exact) mass is 329 g/mol. The van der Waals surface area contributed by atoms with E-state index in [9.17, 15) is 30.0 Å². The molecule has 120 valence electrons. The maximum absolute atomic E-state index is 11.2. The zero-order chi connectivity index (χ0) is 16.2. The minimum absolute atomic E-state index is 0. The molecule has 1 rings (SSSR count). The maximum atomic E-state index is 11.2. The molecule has 5 atom stereocenters. The van der Waals surface area contributed by atoms with Gasteiger partial charge in [0.25, 0.3) is 0 Å². The molecule has 10 nitrogen and oxygen atoms in total. The molecular formula is C11H16NNaO9. The fourth-order valence-electron chi connectivity index (χ4n) is 1.84. The van der Waals surface area contributed by atoms with Gasteiger partial charge in [-0.05, 0) is 6.08 Å². The number of carbonyl (C=O) groups excluding carboxylic acids is 2. The first-order valence-electron chi connectivity index (χ1n) is 5.97. The van der Waals surface area contributed by atoms with Crippen molar-refractivity contribution >= 4 is 11.9 Å². The van der Waals surface area contributed by atoms with Crippen molar-refractivity contribution in [2.24, 2.45) is 0 Å². The van der Waals surface area contributed by atoms with E-state index in [-0.39, 0.29) is 29.6 Å². The van der Waals surface area contributed by atoms with Crippen molar-refractivity contribution in [2.75, 3.05) is 13.2 Å². The number of hydrogen-bond acceptors (Lipinski definition) is 9. The largest absolute Gasteiger partial charge is 1.00 e. The summed E-state index contributed by atoms with van der Waals surface area (Å²) in [6, 6.07) is -1.34. The summed E-state index contributed by atoms with van der Waals surface area (Å²) in [5, 5.41) is 59.3. The zero-order valence-corrected chi connectivity index (χ0v) is 13.7. The smallest absolute Gasteiger partial charge is 0.542 e. The van der Waals surface area contributed by atoms with Crippen LogP contribution in [0.2, 0.25) is 0 Å². The van der Waals surface area contributed by atoms with Crippen LogP contribution >= 0.6 is 0 Å². The molecule has 0 aliphatic carbocycles. The van der Waals surface area contributed by atoms with Crippen LogP contribution in [0.1, 0.15) is 0 Å². The summed E-state index contributed by atoms with van der Waals surface area (Å²) < 4.78 is 4.88. The van der Waals surface area contributed by atoms with Gasteiger partial charge in [-0.25, -0.2) is 0 Å². The zero-order valence-electron chi connectivity index (χ0n) is 11.7. The quantitative estimate of drug-likeness (QED) is 0.258. The molecule has 1 aliphatic heterocycles. The number of aliphatic carboxylic acids is 1. The molecule has 6 N–H and O–H groups in total. The van der Waals surface area contributed by atoms with Crippen LogP contribution in [-0.4, -0.2) is 81.1 Å². The van der Waals surface area contributed by atoms with Gasteiger partial charge in [0.15, 0.2) is 6.10 Å². The first kappa shape index (κ1) is 21.3. The molecule has 0 saturated carbocycles. The average Bonchev–Trinajstić information content (AvgIpc) is 2.46. The second-order valence-corrected chi connectivity index (χ2v) is 4.38. The number of aliphatic hydroxyl groups is 5. The summed E-state index contributed by atoms with van der Waals surface area (Å²) in [7, 11) is 0. The van der Waals surface area contributed by atoms with Crippen LogP contribution in [0.25, 0.3) is 0 Å². The van der Waals surface area contributed by atoms with Gasteiger partial charge < -0.3 is 45.5 Å². The minimum Gasteiger partial charge on any atom is -0.542 e. The minimum atomic E-state index is -1.81. The Bertz CT molecular complexity index is 430. The van der Waals surface area contributed by atoms with Gasteiger partial charge in [-0.3, -0.25) is 4.79 Å². The van der Waals surface area contributed by atoms with E-state index in [0.717, 1.165) is 6.08 Å². The Labute approximate surface area is 147 Å². The number of aliphatic hydroxyl groups excluding tert-OH is 5. The van der Waals surface area contributed by atoms with Crippen LogP contribution in [-0.2, 0) is 14.3 Å². The first-order valence-corrected chi connectivity index (χ1v) is 5.97. The Hall–Kier alpha value is -0.720. The number of carboxylic acid groups (broad SMARTS) is 1. The van der Waals surface area contributed by atoms with E-state index in [1.807, 2.05) is 0 Å². The SMILES string of the molecule is O=C(CO)N[C@H]1[C@H]([C@H](O)[C@H](O)CO)OC(C(=O)[O-])=C[C@@H]1O.[Na+]. The van der Waals surface area contributed by atoms with Crippen LogP contribution in [0.15, 0.2) is 11.8 Å². The van der Waals surface area contributed by atoms with E-state index in [2.05, 4.69) is 5.32 Å². The van der Waals surface area contributed by atoms with Gasteiger partial charge in [-0.2, -0.15) is 0 Å². The van der Waals surface area contributed by atoms with Gasteiger partial charge in [-0.1, -0.05) is 0 Å².